The smallest absolute Gasteiger partial charge is 0.0862 e. The number of nitrogens with one attached hydrogen (secondary N) is 1. The molecule has 0 atom stereocenters. The molecule has 1 heterocycles. The third kappa shape index (κ3) is 4.44. The molecule has 0 aliphatic carbocycles. The van der Waals surface area contributed by atoms with Gasteiger partial charge in [-0.2, -0.15) is 5.10 Å². The fourth-order valence-electron chi connectivity index (χ4n) is 1.77. The first kappa shape index (κ1) is 15.2. The molecule has 0 fully saturated rings. The number of hydrogen-bond acceptors (Lipinski definition) is 3. The second kappa shape index (κ2) is 8.29. The van der Waals surface area contributed by atoms with Crippen molar-refractivity contribution in [2.24, 2.45) is 0 Å². The van der Waals surface area contributed by atoms with Crippen LogP contribution in [0.25, 0.3) is 5.57 Å². The summed E-state index contributed by atoms with van der Waals surface area (Å²) in [6, 6.07) is 0. The molecule has 0 saturated heterocycles. The largest absolute Gasteiger partial charge is 0.383 e. The highest BCUT2D eigenvalue weighted by molar-refractivity contribution is 6.32. The Morgan fingerprint density at radius 3 is 3.06 bits per heavy atom. The topological polar surface area (TPSA) is 39.1 Å². The lowest BCUT2D eigenvalue weighted by molar-refractivity contribution is 0.183. The highest BCUT2D eigenvalue weighted by Gasteiger charge is 2.10. The number of allylic oxidation sites excluding steroid dienone is 1. The highest BCUT2D eigenvalue weighted by atomic mass is 35.5. The standard InChI is InChI=1S/C13H22ClN3O/c1-4-15-7-5-6-11(2)13-12(14)10-16-17(13)8-9-18-3/h6,10,15H,4-5,7-9H2,1-3H3/b11-6-. The van der Waals surface area contributed by atoms with Gasteiger partial charge in [0.15, 0.2) is 0 Å². The van der Waals surface area contributed by atoms with Crippen LogP contribution in [-0.2, 0) is 11.3 Å². The summed E-state index contributed by atoms with van der Waals surface area (Å²) >= 11 is 6.18. The second-order valence-electron chi connectivity index (χ2n) is 4.09. The van der Waals surface area contributed by atoms with E-state index < -0.39 is 0 Å². The number of halogens is 1. The third-order valence-corrected chi connectivity index (χ3v) is 2.97. The first-order chi connectivity index (χ1) is 8.70. The number of ether oxygens (including phenoxy) is 1. The van der Waals surface area contributed by atoms with Gasteiger partial charge in [0.2, 0.25) is 0 Å². The maximum absolute atomic E-state index is 6.18. The van der Waals surface area contributed by atoms with Crippen LogP contribution in [0.3, 0.4) is 0 Å². The molecule has 0 saturated carbocycles. The zero-order valence-corrected chi connectivity index (χ0v) is 12.1. The lowest BCUT2D eigenvalue weighted by Gasteiger charge is -2.08. The average Bonchev–Trinajstić information content (AvgIpc) is 2.73. The van der Waals surface area contributed by atoms with Crippen molar-refractivity contribution >= 4 is 17.2 Å². The molecule has 1 rings (SSSR count). The van der Waals surface area contributed by atoms with Gasteiger partial charge in [0.05, 0.1) is 30.1 Å². The summed E-state index contributed by atoms with van der Waals surface area (Å²) in [7, 11) is 1.68. The van der Waals surface area contributed by atoms with Gasteiger partial charge in [-0.15, -0.1) is 0 Å². The van der Waals surface area contributed by atoms with E-state index >= 15 is 0 Å². The molecular formula is C13H22ClN3O. The first-order valence-corrected chi connectivity index (χ1v) is 6.66. The minimum atomic E-state index is 0.635. The Balaban J connectivity index is 2.70. The zero-order chi connectivity index (χ0) is 13.4. The van der Waals surface area contributed by atoms with E-state index in [9.17, 15) is 0 Å². The SMILES string of the molecule is CCNCC/C=C(/C)c1c(Cl)cnn1CCOC. The molecule has 1 aromatic rings. The maximum atomic E-state index is 6.18. The van der Waals surface area contributed by atoms with E-state index in [-0.39, 0.29) is 0 Å². The van der Waals surface area contributed by atoms with Crippen LogP contribution >= 0.6 is 11.6 Å². The number of rotatable bonds is 8. The van der Waals surface area contributed by atoms with E-state index in [1.165, 1.54) is 0 Å². The van der Waals surface area contributed by atoms with E-state index in [2.05, 4.69) is 30.3 Å². The first-order valence-electron chi connectivity index (χ1n) is 6.28. The minimum Gasteiger partial charge on any atom is -0.383 e. The normalized spacial score (nSPS) is 12.1. The van der Waals surface area contributed by atoms with Crippen molar-refractivity contribution in [3.63, 3.8) is 0 Å². The van der Waals surface area contributed by atoms with E-state index in [0.29, 0.717) is 11.6 Å². The van der Waals surface area contributed by atoms with Gasteiger partial charge < -0.3 is 10.1 Å². The molecule has 0 amide bonds. The molecular weight excluding hydrogens is 250 g/mol. The lowest BCUT2D eigenvalue weighted by atomic mass is 10.2. The van der Waals surface area contributed by atoms with Gasteiger partial charge in [-0.3, -0.25) is 4.68 Å². The van der Waals surface area contributed by atoms with E-state index in [1.807, 2.05) is 4.68 Å². The molecule has 0 bridgehead atoms. The Kier molecular flexibility index (Phi) is 7.01. The van der Waals surface area contributed by atoms with Crippen LogP contribution in [0.15, 0.2) is 12.3 Å². The van der Waals surface area contributed by atoms with Crippen LogP contribution in [0, 0.1) is 0 Å². The predicted octanol–water partition coefficient (Wildman–Crippen LogP) is 2.59. The molecule has 0 unspecified atom stereocenters. The average molecular weight is 272 g/mol. The predicted molar refractivity (Wildman–Crippen MR) is 75.9 cm³/mol. The van der Waals surface area contributed by atoms with Gasteiger partial charge in [0.1, 0.15) is 0 Å². The Labute approximate surface area is 114 Å². The van der Waals surface area contributed by atoms with E-state index in [4.69, 9.17) is 16.3 Å². The van der Waals surface area contributed by atoms with Crippen LogP contribution in [0.1, 0.15) is 26.0 Å². The van der Waals surface area contributed by atoms with Crippen LogP contribution < -0.4 is 5.32 Å². The van der Waals surface area contributed by atoms with Gasteiger partial charge >= 0.3 is 0 Å². The molecule has 102 valence electrons. The molecule has 0 aliphatic heterocycles. The second-order valence-corrected chi connectivity index (χ2v) is 4.49. The molecule has 4 nitrogen and oxygen atoms in total. The quantitative estimate of drug-likeness (QED) is 0.739. The van der Waals surface area contributed by atoms with Crippen LogP contribution in [0.2, 0.25) is 5.02 Å². The monoisotopic (exact) mass is 271 g/mol. The van der Waals surface area contributed by atoms with Crippen LogP contribution in [0.4, 0.5) is 0 Å². The molecule has 18 heavy (non-hydrogen) atoms. The fraction of sp³-hybridized carbons (Fsp3) is 0.615. The van der Waals surface area contributed by atoms with Crippen LogP contribution in [0.5, 0.6) is 0 Å². The summed E-state index contributed by atoms with van der Waals surface area (Å²) in [5.41, 5.74) is 2.15. The minimum absolute atomic E-state index is 0.635. The molecule has 0 spiro atoms. The highest BCUT2D eigenvalue weighted by Crippen LogP contribution is 2.23. The zero-order valence-electron chi connectivity index (χ0n) is 11.4. The van der Waals surface area contributed by atoms with Crippen molar-refractivity contribution in [3.8, 4) is 0 Å². The Hall–Kier alpha value is -0.840. The summed E-state index contributed by atoms with van der Waals surface area (Å²) < 4.78 is 6.96. The number of hydrogen-bond donors (Lipinski definition) is 1. The van der Waals surface area contributed by atoms with Gasteiger partial charge in [-0.05, 0) is 32.0 Å². The van der Waals surface area contributed by atoms with E-state index in [1.54, 1.807) is 13.3 Å². The molecule has 0 aromatic carbocycles. The summed E-state index contributed by atoms with van der Waals surface area (Å²) in [4.78, 5) is 0. The van der Waals surface area contributed by atoms with Crippen molar-refractivity contribution in [3.05, 3.63) is 23.0 Å². The summed E-state index contributed by atoms with van der Waals surface area (Å²) in [5.74, 6) is 0. The Morgan fingerprint density at radius 2 is 2.39 bits per heavy atom. The van der Waals surface area contributed by atoms with Crippen molar-refractivity contribution in [1.82, 2.24) is 15.1 Å². The molecule has 0 aliphatic rings. The Morgan fingerprint density at radius 1 is 1.61 bits per heavy atom. The number of nitrogens with zero attached hydrogens (tertiary/aromatic N) is 2. The van der Waals surface area contributed by atoms with Gasteiger partial charge in [0.25, 0.3) is 0 Å². The fourth-order valence-corrected chi connectivity index (χ4v) is 2.06. The van der Waals surface area contributed by atoms with Crippen molar-refractivity contribution in [2.75, 3.05) is 26.8 Å². The molecule has 0 radical (unpaired) electrons. The van der Waals surface area contributed by atoms with E-state index in [0.717, 1.165) is 37.3 Å². The van der Waals surface area contributed by atoms with Crippen LogP contribution in [-0.4, -0.2) is 36.6 Å². The van der Waals surface area contributed by atoms with Crippen molar-refractivity contribution < 1.29 is 4.74 Å². The Bertz CT molecular complexity index is 388. The van der Waals surface area contributed by atoms with Crippen molar-refractivity contribution in [2.45, 2.75) is 26.8 Å². The van der Waals surface area contributed by atoms with Gasteiger partial charge in [-0.25, -0.2) is 0 Å². The summed E-state index contributed by atoms with van der Waals surface area (Å²) in [6.07, 6.45) is 4.87. The number of methoxy groups -OCH3 is 1. The lowest BCUT2D eigenvalue weighted by Crippen LogP contribution is -2.13. The van der Waals surface area contributed by atoms with Crippen molar-refractivity contribution in [1.29, 1.82) is 0 Å². The maximum Gasteiger partial charge on any atom is 0.0862 e. The number of aromatic nitrogens is 2. The summed E-state index contributed by atoms with van der Waals surface area (Å²) in [6.45, 7) is 7.51. The molecule has 5 heteroatoms. The molecule has 1 N–H and O–H groups in total. The molecule has 1 aromatic heterocycles. The van der Waals surface area contributed by atoms with Gasteiger partial charge in [-0.1, -0.05) is 24.6 Å². The summed E-state index contributed by atoms with van der Waals surface area (Å²) in [5, 5.41) is 8.26. The van der Waals surface area contributed by atoms with Gasteiger partial charge in [0, 0.05) is 7.11 Å². The third-order valence-electron chi connectivity index (χ3n) is 2.70.